The molecule has 16 heavy (non-hydrogen) atoms. The summed E-state index contributed by atoms with van der Waals surface area (Å²) in [5.41, 5.74) is 0.648. The molecule has 0 aliphatic carbocycles. The number of ether oxygens (including phenoxy) is 3. The minimum atomic E-state index is 0.518. The van der Waals surface area contributed by atoms with Gasteiger partial charge in [0.25, 0.3) is 0 Å². The quantitative estimate of drug-likeness (QED) is 0.782. The molecule has 83 valence electrons. The van der Waals surface area contributed by atoms with Crippen molar-refractivity contribution in [3.8, 4) is 17.2 Å². The molecule has 1 heterocycles. The first-order chi connectivity index (χ1) is 7.81. The average molecular weight is 219 g/mol. The predicted molar refractivity (Wildman–Crippen MR) is 58.0 cm³/mol. The molecule has 0 saturated heterocycles. The van der Waals surface area contributed by atoms with Gasteiger partial charge in [0.15, 0.2) is 11.5 Å². The van der Waals surface area contributed by atoms with Gasteiger partial charge in [-0.15, -0.1) is 0 Å². The molecule has 0 bridgehead atoms. The van der Waals surface area contributed by atoms with Gasteiger partial charge in [0.1, 0.15) is 18.0 Å². The molecule has 0 aliphatic heterocycles. The molecular formula is C11H11N2O3. The Morgan fingerprint density at radius 2 is 1.81 bits per heavy atom. The van der Waals surface area contributed by atoms with Crippen molar-refractivity contribution in [2.45, 2.75) is 0 Å². The Hall–Kier alpha value is -2.04. The van der Waals surface area contributed by atoms with E-state index in [9.17, 15) is 0 Å². The largest absolute Gasteiger partial charge is 0.493 e. The lowest BCUT2D eigenvalue weighted by Gasteiger charge is -2.13. The predicted octanol–water partition coefficient (Wildman–Crippen LogP) is 1.46. The number of aromatic nitrogens is 2. The van der Waals surface area contributed by atoms with Gasteiger partial charge in [0.05, 0.1) is 21.3 Å². The van der Waals surface area contributed by atoms with E-state index < -0.39 is 0 Å². The van der Waals surface area contributed by atoms with Crippen LogP contribution < -0.4 is 14.2 Å². The summed E-state index contributed by atoms with van der Waals surface area (Å²) in [6, 6.07) is 1.76. The molecule has 0 spiro atoms. The van der Waals surface area contributed by atoms with Crippen LogP contribution in [0.4, 0.5) is 0 Å². The summed E-state index contributed by atoms with van der Waals surface area (Å²) in [6.07, 6.45) is 4.24. The lowest BCUT2D eigenvalue weighted by atomic mass is 10.2. The van der Waals surface area contributed by atoms with Crippen molar-refractivity contribution < 1.29 is 14.2 Å². The van der Waals surface area contributed by atoms with Crippen molar-refractivity contribution in [2.75, 3.05) is 21.3 Å². The summed E-state index contributed by atoms with van der Waals surface area (Å²) in [4.78, 5) is 7.96. The van der Waals surface area contributed by atoms with Crippen LogP contribution in [0.5, 0.6) is 17.2 Å². The van der Waals surface area contributed by atoms with Crippen molar-refractivity contribution >= 4 is 10.9 Å². The van der Waals surface area contributed by atoms with Crippen LogP contribution in [0.2, 0.25) is 0 Å². The van der Waals surface area contributed by atoms with Gasteiger partial charge in [-0.3, -0.25) is 0 Å². The van der Waals surface area contributed by atoms with Crippen LogP contribution in [0.1, 0.15) is 0 Å². The molecule has 0 atom stereocenters. The first-order valence-corrected chi connectivity index (χ1v) is 4.63. The van der Waals surface area contributed by atoms with E-state index in [1.165, 1.54) is 6.33 Å². The molecule has 2 rings (SSSR count). The number of rotatable bonds is 3. The third kappa shape index (κ3) is 1.50. The Balaban J connectivity index is 2.82. The number of fused-ring (bicyclic) bond motifs is 1. The summed E-state index contributed by atoms with van der Waals surface area (Å²) in [5, 5.41) is 0.719. The summed E-state index contributed by atoms with van der Waals surface area (Å²) >= 11 is 0. The van der Waals surface area contributed by atoms with Crippen LogP contribution in [0.3, 0.4) is 0 Å². The van der Waals surface area contributed by atoms with Gasteiger partial charge in [-0.1, -0.05) is 0 Å². The average Bonchev–Trinajstić information content (AvgIpc) is 2.36. The Bertz CT molecular complexity index is 514. The zero-order valence-electron chi connectivity index (χ0n) is 9.27. The normalized spacial score (nSPS) is 10.2. The Morgan fingerprint density at radius 3 is 2.44 bits per heavy atom. The second-order valence-electron chi connectivity index (χ2n) is 3.03. The van der Waals surface area contributed by atoms with E-state index >= 15 is 0 Å². The number of hydrogen-bond donors (Lipinski definition) is 0. The standard InChI is InChI=1S/C11H11N2O3/c1-14-8-4-7-5-12-6-13-9(7)11(16-3)10(8)15-2/h4,6H,1-3H3. The van der Waals surface area contributed by atoms with Crippen molar-refractivity contribution in [3.63, 3.8) is 0 Å². The molecule has 5 nitrogen and oxygen atoms in total. The van der Waals surface area contributed by atoms with Crippen LogP contribution in [-0.2, 0) is 0 Å². The van der Waals surface area contributed by atoms with Gasteiger partial charge in [0.2, 0.25) is 5.75 Å². The molecule has 0 amide bonds. The van der Waals surface area contributed by atoms with Gasteiger partial charge >= 0.3 is 0 Å². The van der Waals surface area contributed by atoms with Gasteiger partial charge < -0.3 is 14.2 Å². The van der Waals surface area contributed by atoms with E-state index in [0.29, 0.717) is 22.8 Å². The molecule has 0 unspecified atom stereocenters. The van der Waals surface area contributed by atoms with E-state index in [-0.39, 0.29) is 0 Å². The van der Waals surface area contributed by atoms with Gasteiger partial charge in [-0.05, 0) is 6.07 Å². The number of nitrogens with zero attached hydrogens (tertiary/aromatic N) is 2. The summed E-state index contributed by atoms with van der Waals surface area (Å²) in [7, 11) is 4.67. The van der Waals surface area contributed by atoms with Crippen LogP contribution >= 0.6 is 0 Å². The Labute approximate surface area is 93.0 Å². The monoisotopic (exact) mass is 219 g/mol. The third-order valence-electron chi connectivity index (χ3n) is 2.23. The number of methoxy groups -OCH3 is 3. The van der Waals surface area contributed by atoms with Crippen molar-refractivity contribution in [2.24, 2.45) is 0 Å². The van der Waals surface area contributed by atoms with Gasteiger partial charge in [-0.2, -0.15) is 0 Å². The van der Waals surface area contributed by atoms with Crippen molar-refractivity contribution in [1.29, 1.82) is 0 Å². The van der Waals surface area contributed by atoms with E-state index in [0.717, 1.165) is 5.39 Å². The molecule has 0 N–H and O–H groups in total. The Kier molecular flexibility index (Phi) is 2.76. The van der Waals surface area contributed by atoms with Crippen LogP contribution in [0.25, 0.3) is 10.9 Å². The van der Waals surface area contributed by atoms with E-state index in [1.807, 2.05) is 0 Å². The molecule has 5 heteroatoms. The lowest BCUT2D eigenvalue weighted by Crippen LogP contribution is -1.97. The molecule has 2 aromatic rings. The number of benzene rings is 1. The SMILES string of the molecule is COc1cc2[c]ncnc2c(OC)c1OC. The maximum Gasteiger partial charge on any atom is 0.205 e. The second kappa shape index (κ2) is 4.22. The summed E-state index contributed by atoms with van der Waals surface area (Å²) in [6.45, 7) is 0. The third-order valence-corrected chi connectivity index (χ3v) is 2.23. The number of hydrogen-bond acceptors (Lipinski definition) is 5. The minimum Gasteiger partial charge on any atom is -0.493 e. The van der Waals surface area contributed by atoms with Crippen LogP contribution in [-0.4, -0.2) is 31.3 Å². The van der Waals surface area contributed by atoms with Crippen molar-refractivity contribution in [3.05, 3.63) is 18.6 Å². The fourth-order valence-electron chi connectivity index (χ4n) is 1.54. The van der Waals surface area contributed by atoms with E-state index in [2.05, 4.69) is 16.2 Å². The van der Waals surface area contributed by atoms with Crippen LogP contribution in [0.15, 0.2) is 12.4 Å². The molecule has 0 saturated carbocycles. The summed E-state index contributed by atoms with van der Waals surface area (Å²) in [5.74, 6) is 1.61. The lowest BCUT2D eigenvalue weighted by molar-refractivity contribution is 0.327. The fraction of sp³-hybridized carbons (Fsp3) is 0.273. The summed E-state index contributed by atoms with van der Waals surface area (Å²) < 4.78 is 15.7. The maximum absolute atomic E-state index is 5.28. The highest BCUT2D eigenvalue weighted by molar-refractivity contribution is 5.88. The van der Waals surface area contributed by atoms with Gasteiger partial charge in [0, 0.05) is 5.39 Å². The molecule has 1 radical (unpaired) electrons. The molecule has 1 aromatic carbocycles. The molecule has 0 fully saturated rings. The highest BCUT2D eigenvalue weighted by atomic mass is 16.5. The first kappa shape index (κ1) is 10.5. The fourth-order valence-corrected chi connectivity index (χ4v) is 1.54. The van der Waals surface area contributed by atoms with Crippen molar-refractivity contribution in [1.82, 2.24) is 9.97 Å². The minimum absolute atomic E-state index is 0.518. The molecule has 1 aromatic heterocycles. The zero-order chi connectivity index (χ0) is 11.5. The molecule has 0 aliphatic rings. The molecular weight excluding hydrogens is 208 g/mol. The van der Waals surface area contributed by atoms with Crippen LogP contribution in [0, 0.1) is 6.20 Å². The topological polar surface area (TPSA) is 53.5 Å². The Morgan fingerprint density at radius 1 is 1.06 bits per heavy atom. The maximum atomic E-state index is 5.28. The van der Waals surface area contributed by atoms with Gasteiger partial charge in [-0.25, -0.2) is 9.97 Å². The van der Waals surface area contributed by atoms with E-state index in [1.54, 1.807) is 27.4 Å². The highest BCUT2D eigenvalue weighted by Gasteiger charge is 2.16. The smallest absolute Gasteiger partial charge is 0.205 e. The van der Waals surface area contributed by atoms with E-state index in [4.69, 9.17) is 14.2 Å². The highest BCUT2D eigenvalue weighted by Crippen LogP contribution is 2.41. The second-order valence-corrected chi connectivity index (χ2v) is 3.03. The first-order valence-electron chi connectivity index (χ1n) is 4.63. The zero-order valence-corrected chi connectivity index (χ0v) is 9.27.